The summed E-state index contributed by atoms with van der Waals surface area (Å²) in [4.78, 5) is 25.6. The van der Waals surface area contributed by atoms with E-state index in [0.717, 1.165) is 38.8 Å². The summed E-state index contributed by atoms with van der Waals surface area (Å²) < 4.78 is 0. The van der Waals surface area contributed by atoms with E-state index in [1.165, 1.54) is 0 Å². The normalized spacial score (nSPS) is 20.8. The highest BCUT2D eigenvalue weighted by molar-refractivity contribution is 5.81. The molecule has 2 unspecified atom stereocenters. The van der Waals surface area contributed by atoms with Crippen LogP contribution >= 0.6 is 0 Å². The van der Waals surface area contributed by atoms with E-state index in [2.05, 4.69) is 24.1 Å². The fraction of sp³-hybridized carbons (Fsp3) is 0.867. The van der Waals surface area contributed by atoms with Crippen LogP contribution < -0.4 is 5.32 Å². The van der Waals surface area contributed by atoms with E-state index in [1.807, 2.05) is 6.92 Å². The SMILES string of the molecule is CCCC(C)NC(=O)C(C)N1CCC(C(C)=O)CC1. The van der Waals surface area contributed by atoms with Crippen LogP contribution in [-0.2, 0) is 9.59 Å². The third-order valence-corrected chi connectivity index (χ3v) is 4.14. The van der Waals surface area contributed by atoms with Crippen molar-refractivity contribution in [3.63, 3.8) is 0 Å². The topological polar surface area (TPSA) is 49.4 Å². The van der Waals surface area contributed by atoms with Gasteiger partial charge in [-0.25, -0.2) is 0 Å². The lowest BCUT2D eigenvalue weighted by molar-refractivity contribution is -0.127. The van der Waals surface area contributed by atoms with Gasteiger partial charge in [-0.05, 0) is 53.1 Å². The molecule has 4 nitrogen and oxygen atoms in total. The van der Waals surface area contributed by atoms with Crippen LogP contribution in [-0.4, -0.2) is 41.8 Å². The average Bonchev–Trinajstić information content (AvgIpc) is 2.38. The predicted molar refractivity (Wildman–Crippen MR) is 77.0 cm³/mol. The lowest BCUT2D eigenvalue weighted by Gasteiger charge is -2.34. The molecule has 1 aliphatic heterocycles. The predicted octanol–water partition coefficient (Wildman–Crippen LogP) is 1.98. The Hall–Kier alpha value is -0.900. The van der Waals surface area contributed by atoms with Gasteiger partial charge in [0.05, 0.1) is 6.04 Å². The number of carbonyl (C=O) groups is 2. The second-order valence-electron chi connectivity index (χ2n) is 5.80. The molecule has 0 aliphatic carbocycles. The molecule has 4 heteroatoms. The molecule has 0 saturated carbocycles. The van der Waals surface area contributed by atoms with Crippen molar-refractivity contribution in [1.82, 2.24) is 10.2 Å². The summed E-state index contributed by atoms with van der Waals surface area (Å²) in [6, 6.07) is 0.155. The van der Waals surface area contributed by atoms with Crippen LogP contribution in [0.3, 0.4) is 0 Å². The molecular weight excluding hydrogens is 240 g/mol. The number of rotatable bonds is 6. The van der Waals surface area contributed by atoms with Crippen molar-refractivity contribution in [2.75, 3.05) is 13.1 Å². The maximum absolute atomic E-state index is 12.1. The highest BCUT2D eigenvalue weighted by Crippen LogP contribution is 2.19. The van der Waals surface area contributed by atoms with Gasteiger partial charge in [-0.15, -0.1) is 0 Å². The highest BCUT2D eigenvalue weighted by atomic mass is 16.2. The van der Waals surface area contributed by atoms with Crippen LogP contribution in [0.25, 0.3) is 0 Å². The van der Waals surface area contributed by atoms with E-state index in [0.29, 0.717) is 0 Å². The summed E-state index contributed by atoms with van der Waals surface area (Å²) in [5, 5.41) is 3.06. The molecule has 0 bridgehead atoms. The second kappa shape index (κ2) is 7.63. The standard InChI is InChI=1S/C15H28N2O2/c1-5-6-11(2)16-15(19)12(3)17-9-7-14(8-10-17)13(4)18/h11-12,14H,5-10H2,1-4H3,(H,16,19). The Bertz CT molecular complexity index is 309. The molecule has 1 amide bonds. The number of piperidine rings is 1. The number of nitrogens with zero attached hydrogens (tertiary/aromatic N) is 1. The van der Waals surface area contributed by atoms with Crippen molar-refractivity contribution in [1.29, 1.82) is 0 Å². The van der Waals surface area contributed by atoms with Crippen LogP contribution in [0, 0.1) is 5.92 Å². The van der Waals surface area contributed by atoms with Gasteiger partial charge in [0.2, 0.25) is 5.91 Å². The molecule has 0 aromatic rings. The van der Waals surface area contributed by atoms with E-state index in [1.54, 1.807) is 6.92 Å². The minimum Gasteiger partial charge on any atom is -0.352 e. The number of likely N-dealkylation sites (tertiary alicyclic amines) is 1. The third-order valence-electron chi connectivity index (χ3n) is 4.14. The summed E-state index contributed by atoms with van der Waals surface area (Å²) in [6.45, 7) is 9.50. The fourth-order valence-electron chi connectivity index (χ4n) is 2.73. The van der Waals surface area contributed by atoms with Gasteiger partial charge in [0, 0.05) is 12.0 Å². The average molecular weight is 268 g/mol. The second-order valence-corrected chi connectivity index (χ2v) is 5.80. The molecule has 2 atom stereocenters. The van der Waals surface area contributed by atoms with Gasteiger partial charge in [0.1, 0.15) is 5.78 Å². The molecule has 1 heterocycles. The van der Waals surface area contributed by atoms with Gasteiger partial charge in [0.15, 0.2) is 0 Å². The molecule has 1 fully saturated rings. The molecule has 110 valence electrons. The number of ketones is 1. The monoisotopic (exact) mass is 268 g/mol. The van der Waals surface area contributed by atoms with Crippen LogP contribution in [0.2, 0.25) is 0 Å². The van der Waals surface area contributed by atoms with Crippen LogP contribution in [0.1, 0.15) is 53.4 Å². The number of Topliss-reactive ketones (excluding diaryl/α,β-unsaturated/α-hetero) is 1. The number of hydrogen-bond acceptors (Lipinski definition) is 3. The molecule has 1 rings (SSSR count). The zero-order valence-corrected chi connectivity index (χ0v) is 12.7. The van der Waals surface area contributed by atoms with Crippen molar-refractivity contribution < 1.29 is 9.59 Å². The van der Waals surface area contributed by atoms with E-state index < -0.39 is 0 Å². The Kier molecular flexibility index (Phi) is 6.49. The van der Waals surface area contributed by atoms with Crippen molar-refractivity contribution in [3.05, 3.63) is 0 Å². The van der Waals surface area contributed by atoms with Gasteiger partial charge in [-0.2, -0.15) is 0 Å². The molecule has 1 N–H and O–H groups in total. The molecule has 0 aromatic heterocycles. The zero-order chi connectivity index (χ0) is 14.4. The largest absolute Gasteiger partial charge is 0.352 e. The summed E-state index contributed by atoms with van der Waals surface area (Å²) >= 11 is 0. The fourth-order valence-corrected chi connectivity index (χ4v) is 2.73. The molecule has 1 aliphatic rings. The summed E-state index contributed by atoms with van der Waals surface area (Å²) in [6.07, 6.45) is 3.87. The van der Waals surface area contributed by atoms with Crippen molar-refractivity contribution in [3.8, 4) is 0 Å². The Balaban J connectivity index is 2.39. The minimum atomic E-state index is -0.0905. The van der Waals surface area contributed by atoms with Gasteiger partial charge in [-0.3, -0.25) is 14.5 Å². The molecule has 0 spiro atoms. The van der Waals surface area contributed by atoms with E-state index in [4.69, 9.17) is 0 Å². The van der Waals surface area contributed by atoms with Crippen LogP contribution in [0.4, 0.5) is 0 Å². The van der Waals surface area contributed by atoms with Crippen LogP contribution in [0.15, 0.2) is 0 Å². The maximum atomic E-state index is 12.1. The Labute approximate surface area is 116 Å². The molecular formula is C15H28N2O2. The smallest absolute Gasteiger partial charge is 0.237 e. The first kappa shape index (κ1) is 16.2. The van der Waals surface area contributed by atoms with E-state index in [-0.39, 0.29) is 29.7 Å². The third kappa shape index (κ3) is 4.94. The lowest BCUT2D eigenvalue weighted by atomic mass is 9.92. The van der Waals surface area contributed by atoms with Crippen molar-refractivity contribution in [2.24, 2.45) is 5.92 Å². The Morgan fingerprint density at radius 2 is 1.84 bits per heavy atom. The van der Waals surface area contributed by atoms with Gasteiger partial charge < -0.3 is 5.32 Å². The quantitative estimate of drug-likeness (QED) is 0.801. The van der Waals surface area contributed by atoms with Crippen LogP contribution in [0.5, 0.6) is 0 Å². The van der Waals surface area contributed by atoms with E-state index >= 15 is 0 Å². The van der Waals surface area contributed by atoms with Crippen molar-refractivity contribution >= 4 is 11.7 Å². The molecule has 19 heavy (non-hydrogen) atoms. The first-order valence-corrected chi connectivity index (χ1v) is 7.50. The van der Waals surface area contributed by atoms with Gasteiger partial charge >= 0.3 is 0 Å². The number of carbonyl (C=O) groups excluding carboxylic acids is 2. The lowest BCUT2D eigenvalue weighted by Crippen LogP contribution is -2.50. The summed E-state index contributed by atoms with van der Waals surface area (Å²) in [5.74, 6) is 0.598. The molecule has 0 radical (unpaired) electrons. The Morgan fingerprint density at radius 1 is 1.26 bits per heavy atom. The zero-order valence-electron chi connectivity index (χ0n) is 12.7. The maximum Gasteiger partial charge on any atom is 0.237 e. The number of hydrogen-bond donors (Lipinski definition) is 1. The summed E-state index contributed by atoms with van der Waals surface area (Å²) in [5.41, 5.74) is 0. The highest BCUT2D eigenvalue weighted by Gasteiger charge is 2.28. The number of amides is 1. The minimum absolute atomic E-state index is 0.0905. The molecule has 0 aromatic carbocycles. The van der Waals surface area contributed by atoms with E-state index in [9.17, 15) is 9.59 Å². The van der Waals surface area contributed by atoms with Gasteiger partial charge in [-0.1, -0.05) is 13.3 Å². The summed E-state index contributed by atoms with van der Waals surface area (Å²) in [7, 11) is 0. The first-order valence-electron chi connectivity index (χ1n) is 7.50. The van der Waals surface area contributed by atoms with Gasteiger partial charge in [0.25, 0.3) is 0 Å². The number of nitrogens with one attached hydrogen (secondary N) is 1. The van der Waals surface area contributed by atoms with Crippen molar-refractivity contribution in [2.45, 2.75) is 65.5 Å². The Morgan fingerprint density at radius 3 is 2.32 bits per heavy atom. The molecule has 1 saturated heterocycles. The first-order chi connectivity index (χ1) is 8.95.